The summed E-state index contributed by atoms with van der Waals surface area (Å²) in [6.07, 6.45) is -5.70. The fourth-order valence-corrected chi connectivity index (χ4v) is 0.979. The second-order valence-electron chi connectivity index (χ2n) is 3.36. The third kappa shape index (κ3) is 3.00. The molecule has 18 heavy (non-hydrogen) atoms. The SMILES string of the molecule is N#Cc1ccc(N)c(OCC(F)(F)C(F)(F)F)c1. The number of halogens is 5. The molecular weight excluding hydrogens is 259 g/mol. The molecule has 3 nitrogen and oxygen atoms in total. The maximum Gasteiger partial charge on any atom is 0.456 e. The van der Waals surface area contributed by atoms with Crippen LogP contribution in [0, 0.1) is 11.3 Å². The fourth-order valence-electron chi connectivity index (χ4n) is 0.979. The minimum absolute atomic E-state index is 0.0366. The van der Waals surface area contributed by atoms with Gasteiger partial charge in [0.1, 0.15) is 5.75 Å². The summed E-state index contributed by atoms with van der Waals surface area (Å²) in [4.78, 5) is 0. The van der Waals surface area contributed by atoms with E-state index >= 15 is 0 Å². The first-order valence-electron chi connectivity index (χ1n) is 4.54. The molecule has 0 heterocycles. The number of nitriles is 1. The molecule has 0 amide bonds. The zero-order valence-electron chi connectivity index (χ0n) is 8.76. The number of hydrogen-bond donors (Lipinski definition) is 1. The van der Waals surface area contributed by atoms with Crippen LogP contribution in [0.2, 0.25) is 0 Å². The van der Waals surface area contributed by atoms with Crippen LogP contribution < -0.4 is 10.5 Å². The molecule has 98 valence electrons. The van der Waals surface area contributed by atoms with Crippen LogP contribution in [0.4, 0.5) is 27.6 Å². The highest BCUT2D eigenvalue weighted by Crippen LogP contribution is 2.36. The average Bonchev–Trinajstić information content (AvgIpc) is 2.26. The average molecular weight is 266 g/mol. The lowest BCUT2D eigenvalue weighted by Gasteiger charge is -2.20. The van der Waals surface area contributed by atoms with Gasteiger partial charge in [-0.05, 0) is 12.1 Å². The molecule has 0 fully saturated rings. The number of anilines is 1. The van der Waals surface area contributed by atoms with Gasteiger partial charge in [0.15, 0.2) is 6.61 Å². The van der Waals surface area contributed by atoms with Crippen molar-refractivity contribution in [2.24, 2.45) is 0 Å². The molecule has 0 aliphatic rings. The van der Waals surface area contributed by atoms with Gasteiger partial charge in [-0.25, -0.2) is 0 Å². The molecule has 0 aromatic heterocycles. The first kappa shape index (κ1) is 14.0. The van der Waals surface area contributed by atoms with E-state index in [1.165, 1.54) is 12.1 Å². The normalized spacial score (nSPS) is 12.0. The van der Waals surface area contributed by atoms with Crippen LogP contribution >= 0.6 is 0 Å². The van der Waals surface area contributed by atoms with Crippen molar-refractivity contribution < 1.29 is 26.7 Å². The maximum absolute atomic E-state index is 12.6. The number of hydrogen-bond acceptors (Lipinski definition) is 3. The molecule has 0 spiro atoms. The second kappa shape index (κ2) is 4.68. The summed E-state index contributed by atoms with van der Waals surface area (Å²) < 4.78 is 65.1. The molecule has 0 aliphatic heterocycles. The van der Waals surface area contributed by atoms with Crippen molar-refractivity contribution in [1.82, 2.24) is 0 Å². The summed E-state index contributed by atoms with van der Waals surface area (Å²) in [5.41, 5.74) is 5.23. The van der Waals surface area contributed by atoms with E-state index < -0.39 is 24.5 Å². The molecule has 2 N–H and O–H groups in total. The molecule has 0 saturated carbocycles. The van der Waals surface area contributed by atoms with Crippen LogP contribution in [0.1, 0.15) is 5.56 Å². The molecular formula is C10H7F5N2O. The van der Waals surface area contributed by atoms with Gasteiger partial charge in [-0.3, -0.25) is 0 Å². The van der Waals surface area contributed by atoms with E-state index in [2.05, 4.69) is 4.74 Å². The minimum Gasteiger partial charge on any atom is -0.485 e. The highest BCUT2D eigenvalue weighted by atomic mass is 19.4. The Kier molecular flexibility index (Phi) is 3.65. The zero-order chi connectivity index (χ0) is 14.0. The van der Waals surface area contributed by atoms with Crippen molar-refractivity contribution in [1.29, 1.82) is 5.26 Å². The lowest BCUT2D eigenvalue weighted by molar-refractivity contribution is -0.289. The van der Waals surface area contributed by atoms with Gasteiger partial charge >= 0.3 is 12.1 Å². The molecule has 0 radical (unpaired) electrons. The number of alkyl halides is 5. The first-order valence-corrected chi connectivity index (χ1v) is 4.54. The Labute approximate surface area is 98.6 Å². The Morgan fingerprint density at radius 2 is 1.83 bits per heavy atom. The van der Waals surface area contributed by atoms with Crippen LogP contribution in [0.3, 0.4) is 0 Å². The van der Waals surface area contributed by atoms with Crippen LogP contribution in [0.25, 0.3) is 0 Å². The Balaban J connectivity index is 2.84. The van der Waals surface area contributed by atoms with Crippen LogP contribution in [0.15, 0.2) is 18.2 Å². The quantitative estimate of drug-likeness (QED) is 0.676. The molecule has 1 rings (SSSR count). The van der Waals surface area contributed by atoms with Crippen molar-refractivity contribution in [2.45, 2.75) is 12.1 Å². The minimum atomic E-state index is -5.70. The number of nitrogens with two attached hydrogens (primary N) is 1. The third-order valence-electron chi connectivity index (χ3n) is 1.97. The van der Waals surface area contributed by atoms with E-state index in [4.69, 9.17) is 11.0 Å². The summed E-state index contributed by atoms with van der Waals surface area (Å²) in [5, 5.41) is 8.54. The fraction of sp³-hybridized carbons (Fsp3) is 0.300. The lowest BCUT2D eigenvalue weighted by Crippen LogP contribution is -2.41. The Morgan fingerprint density at radius 1 is 1.22 bits per heavy atom. The smallest absolute Gasteiger partial charge is 0.456 e. The number of benzene rings is 1. The van der Waals surface area contributed by atoms with Gasteiger partial charge < -0.3 is 10.5 Å². The first-order chi connectivity index (χ1) is 8.17. The van der Waals surface area contributed by atoms with Gasteiger partial charge in [-0.2, -0.15) is 27.2 Å². The molecule has 0 aliphatic carbocycles. The maximum atomic E-state index is 12.6. The number of nitrogen functional groups attached to an aromatic ring is 1. The van der Waals surface area contributed by atoms with E-state index in [0.29, 0.717) is 0 Å². The van der Waals surface area contributed by atoms with Gasteiger partial charge in [0, 0.05) is 6.07 Å². The van der Waals surface area contributed by atoms with Gasteiger partial charge in [-0.1, -0.05) is 0 Å². The van der Waals surface area contributed by atoms with Crippen LogP contribution in [-0.2, 0) is 0 Å². The van der Waals surface area contributed by atoms with Crippen molar-refractivity contribution in [3.05, 3.63) is 23.8 Å². The summed E-state index contributed by atoms with van der Waals surface area (Å²) in [7, 11) is 0. The number of ether oxygens (including phenoxy) is 1. The summed E-state index contributed by atoms with van der Waals surface area (Å²) in [6, 6.07) is 5.13. The zero-order valence-corrected chi connectivity index (χ0v) is 8.76. The third-order valence-corrected chi connectivity index (χ3v) is 1.97. The van der Waals surface area contributed by atoms with Gasteiger partial charge in [-0.15, -0.1) is 0 Å². The molecule has 1 aromatic carbocycles. The van der Waals surface area contributed by atoms with Crippen molar-refractivity contribution >= 4 is 5.69 Å². The van der Waals surface area contributed by atoms with Gasteiger partial charge in [0.05, 0.1) is 17.3 Å². The molecule has 0 bridgehead atoms. The van der Waals surface area contributed by atoms with Crippen molar-refractivity contribution in [3.8, 4) is 11.8 Å². The number of nitrogens with zero attached hydrogens (tertiary/aromatic N) is 1. The number of rotatable bonds is 3. The Hall–Kier alpha value is -2.04. The highest BCUT2D eigenvalue weighted by molar-refractivity contribution is 5.56. The van der Waals surface area contributed by atoms with Crippen LogP contribution in [-0.4, -0.2) is 18.7 Å². The summed E-state index contributed by atoms with van der Waals surface area (Å²) >= 11 is 0. The van der Waals surface area contributed by atoms with Crippen LogP contribution in [0.5, 0.6) is 5.75 Å². The Bertz CT molecular complexity index is 478. The standard InChI is InChI=1S/C10H7F5N2O/c11-9(12,10(13,14)15)5-18-8-3-6(4-16)1-2-7(8)17/h1-3H,5,17H2. The topological polar surface area (TPSA) is 59.0 Å². The predicted molar refractivity (Wildman–Crippen MR) is 52.1 cm³/mol. The van der Waals surface area contributed by atoms with E-state index in [0.717, 1.165) is 6.07 Å². The van der Waals surface area contributed by atoms with E-state index in [-0.39, 0.29) is 11.3 Å². The van der Waals surface area contributed by atoms with Crippen molar-refractivity contribution in [3.63, 3.8) is 0 Å². The van der Waals surface area contributed by atoms with Crippen molar-refractivity contribution in [2.75, 3.05) is 12.3 Å². The molecule has 0 unspecified atom stereocenters. The molecule has 0 atom stereocenters. The summed E-state index contributed by atoms with van der Waals surface area (Å²) in [5.74, 6) is -5.37. The molecule has 0 saturated heterocycles. The molecule has 8 heteroatoms. The second-order valence-corrected chi connectivity index (χ2v) is 3.36. The van der Waals surface area contributed by atoms with E-state index in [1.807, 2.05) is 0 Å². The van der Waals surface area contributed by atoms with Gasteiger partial charge in [0.2, 0.25) is 0 Å². The summed E-state index contributed by atoms with van der Waals surface area (Å²) in [6.45, 7) is -1.89. The Morgan fingerprint density at radius 3 is 2.33 bits per heavy atom. The largest absolute Gasteiger partial charge is 0.485 e. The van der Waals surface area contributed by atoms with E-state index in [1.54, 1.807) is 6.07 Å². The molecule has 1 aromatic rings. The monoisotopic (exact) mass is 266 g/mol. The van der Waals surface area contributed by atoms with Gasteiger partial charge in [0.25, 0.3) is 0 Å². The predicted octanol–water partition coefficient (Wildman–Crippen LogP) is 2.72. The highest BCUT2D eigenvalue weighted by Gasteiger charge is 2.58. The van der Waals surface area contributed by atoms with E-state index in [9.17, 15) is 22.0 Å². The lowest BCUT2D eigenvalue weighted by atomic mass is 10.2.